The highest BCUT2D eigenvalue weighted by molar-refractivity contribution is 5.91. The van der Waals surface area contributed by atoms with E-state index in [2.05, 4.69) is 20.7 Å². The number of anilines is 1. The highest BCUT2D eigenvalue weighted by Crippen LogP contribution is 2.25. The zero-order valence-electron chi connectivity index (χ0n) is 15.3. The fourth-order valence-electron chi connectivity index (χ4n) is 3.41. The van der Waals surface area contributed by atoms with Crippen molar-refractivity contribution in [1.29, 1.82) is 0 Å². The van der Waals surface area contributed by atoms with Crippen LogP contribution >= 0.6 is 0 Å². The number of amides is 2. The second kappa shape index (κ2) is 7.75. The Morgan fingerprint density at radius 2 is 2.00 bits per heavy atom. The van der Waals surface area contributed by atoms with Crippen molar-refractivity contribution in [2.24, 2.45) is 0 Å². The first-order valence-corrected chi connectivity index (χ1v) is 9.24. The largest absolute Gasteiger partial charge is 0.381 e. The van der Waals surface area contributed by atoms with E-state index in [4.69, 9.17) is 4.74 Å². The minimum Gasteiger partial charge on any atom is -0.381 e. The molecule has 3 heterocycles. The van der Waals surface area contributed by atoms with Gasteiger partial charge in [0, 0.05) is 18.6 Å². The Hall–Kier alpha value is -2.93. The Labute approximate surface area is 157 Å². The molecule has 0 spiro atoms. The van der Waals surface area contributed by atoms with Crippen LogP contribution in [0.2, 0.25) is 0 Å². The first-order valence-electron chi connectivity index (χ1n) is 9.24. The number of hydrogen-bond acceptors (Lipinski definition) is 4. The van der Waals surface area contributed by atoms with Crippen molar-refractivity contribution in [3.63, 3.8) is 0 Å². The zero-order valence-corrected chi connectivity index (χ0v) is 15.3. The molecular formula is C20H23N5O2. The fourth-order valence-corrected chi connectivity index (χ4v) is 3.41. The first-order chi connectivity index (χ1) is 13.2. The van der Waals surface area contributed by atoms with Gasteiger partial charge in [0.2, 0.25) is 0 Å². The Morgan fingerprint density at radius 3 is 2.78 bits per heavy atom. The van der Waals surface area contributed by atoms with Gasteiger partial charge < -0.3 is 10.1 Å². The number of nitrogens with one attached hydrogen (secondary N) is 2. The van der Waals surface area contributed by atoms with Crippen molar-refractivity contribution in [1.82, 2.24) is 20.1 Å². The summed E-state index contributed by atoms with van der Waals surface area (Å²) < 4.78 is 7.45. The van der Waals surface area contributed by atoms with E-state index in [1.165, 1.54) is 0 Å². The molecule has 0 saturated carbocycles. The van der Waals surface area contributed by atoms with E-state index < -0.39 is 0 Å². The van der Waals surface area contributed by atoms with E-state index in [1.807, 2.05) is 54.2 Å². The van der Waals surface area contributed by atoms with Crippen LogP contribution in [0.15, 0.2) is 48.8 Å². The second-order valence-corrected chi connectivity index (χ2v) is 6.79. The molecule has 1 aliphatic heterocycles. The van der Waals surface area contributed by atoms with E-state index in [-0.39, 0.29) is 12.1 Å². The predicted molar refractivity (Wildman–Crippen MR) is 104 cm³/mol. The van der Waals surface area contributed by atoms with Crippen molar-refractivity contribution in [3.05, 3.63) is 54.4 Å². The van der Waals surface area contributed by atoms with E-state index in [0.717, 1.165) is 42.5 Å². The SMILES string of the molecule is C[C@@H](NC(=O)Nc1cc2cnn(C3CCOCC3)c2cn1)c1ccccc1. The Kier molecular flexibility index (Phi) is 5.02. The molecular weight excluding hydrogens is 342 g/mol. The number of pyridine rings is 1. The lowest BCUT2D eigenvalue weighted by atomic mass is 10.1. The number of hydrogen-bond donors (Lipinski definition) is 2. The molecule has 0 unspecified atom stereocenters. The van der Waals surface area contributed by atoms with Crippen LogP contribution in [0.4, 0.5) is 10.6 Å². The predicted octanol–water partition coefficient (Wildman–Crippen LogP) is 3.67. The molecule has 4 rings (SSSR count). The third-order valence-corrected chi connectivity index (χ3v) is 4.91. The van der Waals surface area contributed by atoms with Gasteiger partial charge in [0.1, 0.15) is 5.82 Å². The number of ether oxygens (including phenoxy) is 1. The van der Waals surface area contributed by atoms with Gasteiger partial charge in [-0.3, -0.25) is 10.00 Å². The van der Waals surface area contributed by atoms with Gasteiger partial charge in [-0.25, -0.2) is 9.78 Å². The summed E-state index contributed by atoms with van der Waals surface area (Å²) in [5, 5.41) is 11.2. The topological polar surface area (TPSA) is 81.1 Å². The lowest BCUT2D eigenvalue weighted by Crippen LogP contribution is -2.31. The van der Waals surface area contributed by atoms with Crippen LogP contribution in [-0.4, -0.2) is 34.0 Å². The Bertz CT molecular complexity index is 919. The van der Waals surface area contributed by atoms with Crippen LogP contribution < -0.4 is 10.6 Å². The molecule has 7 nitrogen and oxygen atoms in total. The summed E-state index contributed by atoms with van der Waals surface area (Å²) in [6.45, 7) is 3.47. The third kappa shape index (κ3) is 3.93. The normalized spacial score (nSPS) is 16.2. The molecule has 1 aliphatic rings. The van der Waals surface area contributed by atoms with Crippen LogP contribution in [0.1, 0.15) is 37.4 Å². The van der Waals surface area contributed by atoms with Gasteiger partial charge in [-0.15, -0.1) is 0 Å². The van der Waals surface area contributed by atoms with E-state index in [1.54, 1.807) is 6.20 Å². The molecule has 2 aromatic heterocycles. The quantitative estimate of drug-likeness (QED) is 0.739. The fraction of sp³-hybridized carbons (Fsp3) is 0.350. The molecule has 0 radical (unpaired) electrons. The summed E-state index contributed by atoms with van der Waals surface area (Å²) >= 11 is 0. The molecule has 3 aromatic rings. The minimum absolute atomic E-state index is 0.0915. The van der Waals surface area contributed by atoms with E-state index >= 15 is 0 Å². The second-order valence-electron chi connectivity index (χ2n) is 6.79. The number of nitrogens with zero attached hydrogens (tertiary/aromatic N) is 3. The molecule has 0 bridgehead atoms. The summed E-state index contributed by atoms with van der Waals surface area (Å²) in [7, 11) is 0. The van der Waals surface area contributed by atoms with Crippen LogP contribution in [0.3, 0.4) is 0 Å². The molecule has 0 aliphatic carbocycles. The molecule has 1 fully saturated rings. The lowest BCUT2D eigenvalue weighted by molar-refractivity contribution is 0.0674. The summed E-state index contributed by atoms with van der Waals surface area (Å²) in [5.41, 5.74) is 2.03. The Balaban J connectivity index is 1.44. The summed E-state index contributed by atoms with van der Waals surface area (Å²) in [5.74, 6) is 0.506. The monoisotopic (exact) mass is 365 g/mol. The van der Waals surface area contributed by atoms with Gasteiger partial charge in [-0.05, 0) is 31.4 Å². The molecule has 7 heteroatoms. The van der Waals surface area contributed by atoms with Gasteiger partial charge in [0.05, 0.1) is 30.0 Å². The van der Waals surface area contributed by atoms with E-state index in [9.17, 15) is 4.79 Å². The molecule has 1 atom stereocenters. The van der Waals surface area contributed by atoms with Crippen molar-refractivity contribution in [3.8, 4) is 0 Å². The van der Waals surface area contributed by atoms with Crippen LogP contribution in [0.5, 0.6) is 0 Å². The molecule has 27 heavy (non-hydrogen) atoms. The van der Waals surface area contributed by atoms with Crippen molar-refractivity contribution >= 4 is 22.8 Å². The maximum absolute atomic E-state index is 12.3. The maximum atomic E-state index is 12.3. The molecule has 1 aromatic carbocycles. The van der Waals surface area contributed by atoms with Crippen molar-refractivity contribution in [2.75, 3.05) is 18.5 Å². The van der Waals surface area contributed by atoms with Gasteiger partial charge in [0.25, 0.3) is 0 Å². The van der Waals surface area contributed by atoms with Gasteiger partial charge in [-0.1, -0.05) is 30.3 Å². The van der Waals surface area contributed by atoms with Crippen molar-refractivity contribution in [2.45, 2.75) is 31.8 Å². The minimum atomic E-state index is -0.282. The molecule has 140 valence electrons. The summed E-state index contributed by atoms with van der Waals surface area (Å²) in [6.07, 6.45) is 5.50. The third-order valence-electron chi connectivity index (χ3n) is 4.91. The maximum Gasteiger partial charge on any atom is 0.320 e. The van der Waals surface area contributed by atoms with Gasteiger partial charge in [0.15, 0.2) is 0 Å². The number of benzene rings is 1. The molecule has 2 N–H and O–H groups in total. The standard InChI is InChI=1S/C20H23N5O2/c1-14(15-5-3-2-4-6-15)23-20(26)24-19-11-16-12-22-25(18(16)13-21-19)17-7-9-27-10-8-17/h2-6,11-14,17H,7-10H2,1H3,(H2,21,23,24,26)/t14-/m1/s1. The van der Waals surface area contributed by atoms with Gasteiger partial charge >= 0.3 is 6.03 Å². The summed E-state index contributed by atoms with van der Waals surface area (Å²) in [4.78, 5) is 16.7. The van der Waals surface area contributed by atoms with Crippen LogP contribution in [-0.2, 0) is 4.74 Å². The highest BCUT2D eigenvalue weighted by Gasteiger charge is 2.19. The number of rotatable bonds is 4. The van der Waals surface area contributed by atoms with Gasteiger partial charge in [-0.2, -0.15) is 5.10 Å². The zero-order chi connectivity index (χ0) is 18.6. The number of fused-ring (bicyclic) bond motifs is 1. The smallest absolute Gasteiger partial charge is 0.320 e. The molecule has 2 amide bonds. The van der Waals surface area contributed by atoms with Crippen LogP contribution in [0.25, 0.3) is 10.9 Å². The lowest BCUT2D eigenvalue weighted by Gasteiger charge is -2.23. The van der Waals surface area contributed by atoms with Crippen molar-refractivity contribution < 1.29 is 9.53 Å². The van der Waals surface area contributed by atoms with E-state index in [0.29, 0.717) is 11.9 Å². The molecule has 1 saturated heterocycles. The number of carbonyl (C=O) groups excluding carboxylic acids is 1. The average molecular weight is 365 g/mol. The number of carbonyl (C=O) groups is 1. The number of aromatic nitrogens is 3. The average Bonchev–Trinajstić information content (AvgIpc) is 3.12. The number of urea groups is 1. The summed E-state index contributed by atoms with van der Waals surface area (Å²) in [6, 6.07) is 11.7. The first kappa shape index (κ1) is 17.5. The Morgan fingerprint density at radius 1 is 1.22 bits per heavy atom. The van der Waals surface area contributed by atoms with Crippen LogP contribution in [0, 0.1) is 0 Å². The highest BCUT2D eigenvalue weighted by atomic mass is 16.5.